The highest BCUT2D eigenvalue weighted by Gasteiger charge is 2.24. The molecule has 19 heavy (non-hydrogen) atoms. The number of aliphatic hydroxyl groups is 1. The van der Waals surface area contributed by atoms with Crippen LogP contribution in [0.3, 0.4) is 0 Å². The van der Waals surface area contributed by atoms with E-state index in [1.165, 1.54) is 6.07 Å². The zero-order valence-electron chi connectivity index (χ0n) is 10.9. The SMILES string of the molecule is NCC#Cc1ccc(CN2CCCC2CO)c(F)c1. The Morgan fingerprint density at radius 1 is 1.47 bits per heavy atom. The molecule has 1 saturated heterocycles. The highest BCUT2D eigenvalue weighted by atomic mass is 19.1. The molecule has 0 bridgehead atoms. The van der Waals surface area contributed by atoms with Gasteiger partial charge in [0.15, 0.2) is 0 Å². The quantitative estimate of drug-likeness (QED) is 0.802. The molecule has 2 rings (SSSR count). The van der Waals surface area contributed by atoms with Crippen molar-refractivity contribution in [3.8, 4) is 11.8 Å². The van der Waals surface area contributed by atoms with Crippen molar-refractivity contribution < 1.29 is 9.50 Å². The van der Waals surface area contributed by atoms with Crippen LogP contribution in [-0.4, -0.2) is 35.7 Å². The van der Waals surface area contributed by atoms with Gasteiger partial charge in [-0.25, -0.2) is 4.39 Å². The van der Waals surface area contributed by atoms with Gasteiger partial charge in [-0.2, -0.15) is 0 Å². The fourth-order valence-corrected chi connectivity index (χ4v) is 2.44. The molecule has 0 aromatic heterocycles. The molecule has 3 N–H and O–H groups in total. The van der Waals surface area contributed by atoms with Gasteiger partial charge in [0.05, 0.1) is 13.2 Å². The molecule has 0 saturated carbocycles. The van der Waals surface area contributed by atoms with Crippen LogP contribution < -0.4 is 5.73 Å². The Labute approximate surface area is 113 Å². The van der Waals surface area contributed by atoms with Gasteiger partial charge in [-0.05, 0) is 31.5 Å². The van der Waals surface area contributed by atoms with Crippen molar-refractivity contribution in [1.82, 2.24) is 4.90 Å². The fourth-order valence-electron chi connectivity index (χ4n) is 2.44. The van der Waals surface area contributed by atoms with Crippen molar-refractivity contribution in [2.24, 2.45) is 5.73 Å². The van der Waals surface area contributed by atoms with Gasteiger partial charge in [0.25, 0.3) is 0 Å². The summed E-state index contributed by atoms with van der Waals surface area (Å²) in [5.74, 6) is 5.28. The number of halogens is 1. The summed E-state index contributed by atoms with van der Waals surface area (Å²) in [6.07, 6.45) is 2.05. The predicted octanol–water partition coefficient (Wildman–Crippen LogP) is 1.09. The van der Waals surface area contributed by atoms with Gasteiger partial charge < -0.3 is 10.8 Å². The summed E-state index contributed by atoms with van der Waals surface area (Å²) in [6.45, 7) is 1.87. The molecule has 1 aromatic rings. The first kappa shape index (κ1) is 14.0. The molecule has 1 aliphatic rings. The summed E-state index contributed by atoms with van der Waals surface area (Å²) in [4.78, 5) is 2.13. The molecule has 1 fully saturated rings. The average molecular weight is 262 g/mol. The van der Waals surface area contributed by atoms with E-state index in [4.69, 9.17) is 5.73 Å². The second-order valence-corrected chi connectivity index (χ2v) is 4.76. The average Bonchev–Trinajstić information content (AvgIpc) is 2.86. The van der Waals surface area contributed by atoms with Crippen LogP contribution in [0, 0.1) is 17.7 Å². The lowest BCUT2D eigenvalue weighted by Gasteiger charge is -2.22. The minimum atomic E-state index is -0.243. The summed E-state index contributed by atoms with van der Waals surface area (Å²) in [5, 5.41) is 9.26. The molecule has 0 radical (unpaired) electrons. The maximum absolute atomic E-state index is 14.0. The molecule has 1 atom stereocenters. The Hall–Kier alpha value is -1.41. The first-order chi connectivity index (χ1) is 9.24. The maximum Gasteiger partial charge on any atom is 0.128 e. The first-order valence-electron chi connectivity index (χ1n) is 6.57. The molecule has 102 valence electrons. The largest absolute Gasteiger partial charge is 0.395 e. The third-order valence-corrected chi connectivity index (χ3v) is 3.47. The third kappa shape index (κ3) is 3.54. The third-order valence-electron chi connectivity index (χ3n) is 3.47. The van der Waals surface area contributed by atoms with E-state index in [9.17, 15) is 9.50 Å². The molecule has 1 heterocycles. The second kappa shape index (κ2) is 6.67. The smallest absolute Gasteiger partial charge is 0.128 e. The minimum absolute atomic E-state index is 0.141. The fraction of sp³-hybridized carbons (Fsp3) is 0.467. The molecular formula is C15H19FN2O. The molecule has 0 spiro atoms. The highest BCUT2D eigenvalue weighted by molar-refractivity contribution is 5.37. The van der Waals surface area contributed by atoms with Crippen molar-refractivity contribution in [3.63, 3.8) is 0 Å². The van der Waals surface area contributed by atoms with Crippen molar-refractivity contribution in [3.05, 3.63) is 35.1 Å². The summed E-state index contributed by atoms with van der Waals surface area (Å²) in [5.41, 5.74) is 6.58. The van der Waals surface area contributed by atoms with Gasteiger partial charge in [0.1, 0.15) is 5.82 Å². The molecule has 0 amide bonds. The minimum Gasteiger partial charge on any atom is -0.395 e. The Kier molecular flexibility index (Phi) is 4.92. The van der Waals surface area contributed by atoms with Crippen LogP contribution in [0.1, 0.15) is 24.0 Å². The van der Waals surface area contributed by atoms with E-state index >= 15 is 0 Å². The summed E-state index contributed by atoms with van der Waals surface area (Å²) in [7, 11) is 0. The number of hydrogen-bond donors (Lipinski definition) is 2. The number of nitrogens with two attached hydrogens (primary N) is 1. The van der Waals surface area contributed by atoms with Gasteiger partial charge in [0.2, 0.25) is 0 Å². The number of rotatable bonds is 3. The van der Waals surface area contributed by atoms with Crippen LogP contribution in [-0.2, 0) is 6.54 Å². The van der Waals surface area contributed by atoms with Gasteiger partial charge in [-0.15, -0.1) is 0 Å². The van der Waals surface area contributed by atoms with E-state index < -0.39 is 0 Å². The lowest BCUT2D eigenvalue weighted by molar-refractivity contribution is 0.152. The van der Waals surface area contributed by atoms with Crippen molar-refractivity contribution in [2.75, 3.05) is 19.7 Å². The Morgan fingerprint density at radius 3 is 3.00 bits per heavy atom. The van der Waals surface area contributed by atoms with Gasteiger partial charge >= 0.3 is 0 Å². The maximum atomic E-state index is 14.0. The van der Waals surface area contributed by atoms with Crippen LogP contribution in [0.15, 0.2) is 18.2 Å². The van der Waals surface area contributed by atoms with Gasteiger partial charge in [-0.3, -0.25) is 4.90 Å². The van der Waals surface area contributed by atoms with Crippen molar-refractivity contribution in [1.29, 1.82) is 0 Å². The predicted molar refractivity (Wildman–Crippen MR) is 72.9 cm³/mol. The number of hydrogen-bond acceptors (Lipinski definition) is 3. The topological polar surface area (TPSA) is 49.5 Å². The lowest BCUT2D eigenvalue weighted by atomic mass is 10.1. The zero-order chi connectivity index (χ0) is 13.7. The van der Waals surface area contributed by atoms with Crippen LogP contribution in [0.2, 0.25) is 0 Å². The summed E-state index contributed by atoms with van der Waals surface area (Å²) >= 11 is 0. The molecule has 1 aliphatic heterocycles. The normalized spacial score (nSPS) is 19.2. The number of aliphatic hydroxyl groups excluding tert-OH is 1. The van der Waals surface area contributed by atoms with Crippen LogP contribution in [0.25, 0.3) is 0 Å². The second-order valence-electron chi connectivity index (χ2n) is 4.76. The molecule has 0 aliphatic carbocycles. The molecule has 1 aromatic carbocycles. The van der Waals surface area contributed by atoms with E-state index in [0.717, 1.165) is 19.4 Å². The molecule has 4 heteroatoms. The van der Waals surface area contributed by atoms with Gasteiger partial charge in [-0.1, -0.05) is 17.9 Å². The first-order valence-corrected chi connectivity index (χ1v) is 6.57. The van der Waals surface area contributed by atoms with E-state index in [1.54, 1.807) is 6.07 Å². The monoisotopic (exact) mass is 262 g/mol. The Morgan fingerprint density at radius 2 is 2.32 bits per heavy atom. The van der Waals surface area contributed by atoms with Crippen LogP contribution >= 0.6 is 0 Å². The molecule has 1 unspecified atom stereocenters. The number of benzene rings is 1. The van der Waals surface area contributed by atoms with Crippen molar-refractivity contribution >= 4 is 0 Å². The van der Waals surface area contributed by atoms with E-state index in [-0.39, 0.29) is 25.0 Å². The highest BCUT2D eigenvalue weighted by Crippen LogP contribution is 2.21. The Bertz CT molecular complexity index is 493. The lowest BCUT2D eigenvalue weighted by Crippen LogP contribution is -2.31. The summed E-state index contributed by atoms with van der Waals surface area (Å²) in [6, 6.07) is 5.19. The standard InChI is InChI=1S/C15H19FN2O/c16-15-9-12(3-1-7-17)5-6-13(15)10-18-8-2-4-14(18)11-19/h5-6,9,14,19H,2,4,7-8,10-11,17H2. The molecule has 3 nitrogen and oxygen atoms in total. The van der Waals surface area contributed by atoms with Gasteiger partial charge in [0, 0.05) is 23.7 Å². The van der Waals surface area contributed by atoms with Crippen LogP contribution in [0.5, 0.6) is 0 Å². The Balaban J connectivity index is 2.08. The van der Waals surface area contributed by atoms with E-state index in [1.807, 2.05) is 6.07 Å². The van der Waals surface area contributed by atoms with Crippen molar-refractivity contribution in [2.45, 2.75) is 25.4 Å². The van der Waals surface area contributed by atoms with E-state index in [2.05, 4.69) is 16.7 Å². The number of nitrogens with zero attached hydrogens (tertiary/aromatic N) is 1. The number of likely N-dealkylation sites (tertiary alicyclic amines) is 1. The zero-order valence-corrected chi connectivity index (χ0v) is 10.9. The molecular weight excluding hydrogens is 243 g/mol. The van der Waals surface area contributed by atoms with E-state index in [0.29, 0.717) is 17.7 Å². The summed E-state index contributed by atoms with van der Waals surface area (Å²) < 4.78 is 14.0. The van der Waals surface area contributed by atoms with Crippen LogP contribution in [0.4, 0.5) is 4.39 Å².